The third-order valence-electron chi connectivity index (χ3n) is 5.53. The molecule has 0 radical (unpaired) electrons. The first-order chi connectivity index (χ1) is 16.6. The number of benzene rings is 3. The van der Waals surface area contributed by atoms with Crippen LogP contribution >= 0.6 is 11.6 Å². The Morgan fingerprint density at radius 1 is 1.00 bits per heavy atom. The fourth-order valence-corrected chi connectivity index (χ4v) is 3.88. The van der Waals surface area contributed by atoms with E-state index in [1.807, 2.05) is 0 Å². The minimum atomic E-state index is -4.47. The van der Waals surface area contributed by atoms with E-state index in [2.05, 4.69) is 10.4 Å². The summed E-state index contributed by atoms with van der Waals surface area (Å²) in [6.45, 7) is 0.227. The maximum Gasteiger partial charge on any atom is 0.416 e. The highest BCUT2D eigenvalue weighted by atomic mass is 35.5. The number of carboxylic acid groups (broad SMARTS) is 1. The van der Waals surface area contributed by atoms with Crippen LogP contribution in [0.2, 0.25) is 5.02 Å². The van der Waals surface area contributed by atoms with Crippen molar-refractivity contribution in [2.24, 2.45) is 11.0 Å². The van der Waals surface area contributed by atoms with Crippen LogP contribution in [0.4, 0.5) is 23.7 Å². The Morgan fingerprint density at radius 2 is 1.63 bits per heavy atom. The van der Waals surface area contributed by atoms with Gasteiger partial charge in [0, 0.05) is 16.6 Å². The molecular weight excluding hydrogens is 483 g/mol. The Labute approximate surface area is 203 Å². The molecule has 0 fully saturated rings. The zero-order valence-electron chi connectivity index (χ0n) is 18.1. The largest absolute Gasteiger partial charge is 0.478 e. The lowest BCUT2D eigenvalue weighted by Crippen LogP contribution is -2.31. The highest BCUT2D eigenvalue weighted by molar-refractivity contribution is 6.30. The normalized spacial score (nSPS) is 15.6. The number of carbonyl (C=O) groups excluding carboxylic acids is 1. The van der Waals surface area contributed by atoms with Crippen molar-refractivity contribution in [3.63, 3.8) is 0 Å². The van der Waals surface area contributed by atoms with E-state index in [0.29, 0.717) is 17.2 Å². The number of rotatable bonds is 5. The second kappa shape index (κ2) is 9.79. The molecule has 2 N–H and O–H groups in total. The van der Waals surface area contributed by atoms with Crippen molar-refractivity contribution in [3.8, 4) is 0 Å². The first-order valence-electron chi connectivity index (χ1n) is 10.5. The first kappa shape index (κ1) is 24.3. The molecule has 0 saturated heterocycles. The number of aromatic carboxylic acids is 1. The molecule has 180 valence electrons. The molecule has 1 aliphatic rings. The number of hydrogen-bond donors (Lipinski definition) is 2. The fourth-order valence-electron chi connectivity index (χ4n) is 3.75. The minimum Gasteiger partial charge on any atom is -0.478 e. The summed E-state index contributed by atoms with van der Waals surface area (Å²) in [4.78, 5) is 24.0. The van der Waals surface area contributed by atoms with Crippen LogP contribution in [0, 0.1) is 5.92 Å². The van der Waals surface area contributed by atoms with Crippen LogP contribution in [0.5, 0.6) is 0 Å². The summed E-state index contributed by atoms with van der Waals surface area (Å²) in [5.74, 6) is -1.22. The number of urea groups is 1. The van der Waals surface area contributed by atoms with Gasteiger partial charge in [-0.3, -0.25) is 0 Å². The van der Waals surface area contributed by atoms with Crippen LogP contribution in [-0.4, -0.2) is 34.4 Å². The molecular formula is C25H19ClF3N3O3. The monoisotopic (exact) mass is 501 g/mol. The standard InChI is InChI=1S/C25H19ClF3N3O3/c26-20-9-5-16(6-10-20)22-18(13-15-1-3-17(4-2-15)23(33)34)14-32(31-22)24(35)30-21-11-7-19(8-12-21)25(27,28)29/h1-12,18H,13-14H2,(H,30,35)(H,33,34). The number of hydrogen-bond acceptors (Lipinski definition) is 3. The number of halogens is 4. The summed E-state index contributed by atoms with van der Waals surface area (Å²) >= 11 is 6.00. The number of amides is 2. The van der Waals surface area contributed by atoms with Crippen LogP contribution in [0.3, 0.4) is 0 Å². The predicted octanol–water partition coefficient (Wildman–Crippen LogP) is 6.17. The molecule has 1 heterocycles. The Hall–Kier alpha value is -3.85. The van der Waals surface area contributed by atoms with E-state index in [4.69, 9.17) is 16.7 Å². The molecule has 0 saturated carbocycles. The topological polar surface area (TPSA) is 82.0 Å². The van der Waals surface area contributed by atoms with Crippen molar-refractivity contribution in [1.82, 2.24) is 5.01 Å². The van der Waals surface area contributed by atoms with Gasteiger partial charge in [-0.2, -0.15) is 18.3 Å². The lowest BCUT2D eigenvalue weighted by Gasteiger charge is -2.16. The average molecular weight is 502 g/mol. The van der Waals surface area contributed by atoms with E-state index in [9.17, 15) is 22.8 Å². The summed E-state index contributed by atoms with van der Waals surface area (Å²) in [6, 6.07) is 17.0. The molecule has 10 heteroatoms. The Morgan fingerprint density at radius 3 is 2.20 bits per heavy atom. The van der Waals surface area contributed by atoms with Crippen molar-refractivity contribution >= 4 is 35.0 Å². The van der Waals surface area contributed by atoms with Gasteiger partial charge in [0.15, 0.2) is 0 Å². The Kier molecular flexibility index (Phi) is 6.79. The molecule has 3 aromatic rings. The lowest BCUT2D eigenvalue weighted by molar-refractivity contribution is -0.137. The fraction of sp³-hybridized carbons (Fsp3) is 0.160. The van der Waals surface area contributed by atoms with E-state index in [1.54, 1.807) is 36.4 Å². The van der Waals surface area contributed by atoms with Gasteiger partial charge in [-0.1, -0.05) is 35.9 Å². The van der Waals surface area contributed by atoms with Gasteiger partial charge in [-0.15, -0.1) is 0 Å². The molecule has 1 atom stereocenters. The SMILES string of the molecule is O=C(O)c1ccc(CC2CN(C(=O)Nc3ccc(C(F)(F)F)cc3)N=C2c2ccc(Cl)cc2)cc1. The summed E-state index contributed by atoms with van der Waals surface area (Å²) in [5, 5.41) is 17.9. The molecule has 1 aliphatic heterocycles. The molecule has 0 aromatic heterocycles. The van der Waals surface area contributed by atoms with Crippen LogP contribution < -0.4 is 5.32 Å². The van der Waals surface area contributed by atoms with E-state index in [-0.39, 0.29) is 23.7 Å². The van der Waals surface area contributed by atoms with Gasteiger partial charge in [-0.25, -0.2) is 14.6 Å². The van der Waals surface area contributed by atoms with E-state index in [1.165, 1.54) is 29.3 Å². The quantitative estimate of drug-likeness (QED) is 0.439. The predicted molar refractivity (Wildman–Crippen MR) is 126 cm³/mol. The first-order valence-corrected chi connectivity index (χ1v) is 10.9. The molecule has 0 bridgehead atoms. The van der Waals surface area contributed by atoms with Gasteiger partial charge in [0.05, 0.1) is 23.4 Å². The molecule has 2 amide bonds. The van der Waals surface area contributed by atoms with Gasteiger partial charge in [0.1, 0.15) is 0 Å². The number of nitrogens with one attached hydrogen (secondary N) is 1. The van der Waals surface area contributed by atoms with Gasteiger partial charge < -0.3 is 10.4 Å². The van der Waals surface area contributed by atoms with Crippen LogP contribution in [0.1, 0.15) is 27.0 Å². The Bertz CT molecular complexity index is 1260. The maximum absolute atomic E-state index is 12.8. The third kappa shape index (κ3) is 5.81. The van der Waals surface area contributed by atoms with Crippen molar-refractivity contribution in [1.29, 1.82) is 0 Å². The molecule has 35 heavy (non-hydrogen) atoms. The van der Waals surface area contributed by atoms with Gasteiger partial charge >= 0.3 is 18.2 Å². The molecule has 3 aromatic carbocycles. The number of nitrogens with zero attached hydrogens (tertiary/aromatic N) is 2. The lowest BCUT2D eigenvalue weighted by atomic mass is 9.91. The molecule has 0 aliphatic carbocycles. The number of carbonyl (C=O) groups is 2. The smallest absolute Gasteiger partial charge is 0.416 e. The van der Waals surface area contributed by atoms with Crippen molar-refractivity contribution < 1.29 is 27.9 Å². The van der Waals surface area contributed by atoms with Crippen molar-refractivity contribution in [2.45, 2.75) is 12.6 Å². The Balaban J connectivity index is 1.54. The summed E-state index contributed by atoms with van der Waals surface area (Å²) in [6.07, 6.45) is -3.98. The number of hydrazone groups is 1. The second-order valence-corrected chi connectivity index (χ2v) is 8.42. The van der Waals surface area contributed by atoms with Gasteiger partial charge in [-0.05, 0) is 66.1 Å². The highest BCUT2D eigenvalue weighted by Crippen LogP contribution is 2.30. The molecule has 0 spiro atoms. The second-order valence-electron chi connectivity index (χ2n) is 7.98. The minimum absolute atomic E-state index is 0.171. The third-order valence-corrected chi connectivity index (χ3v) is 5.78. The number of alkyl halides is 3. The molecule has 6 nitrogen and oxygen atoms in total. The van der Waals surface area contributed by atoms with E-state index < -0.39 is 23.7 Å². The van der Waals surface area contributed by atoms with Crippen LogP contribution in [0.15, 0.2) is 77.9 Å². The average Bonchev–Trinajstić information content (AvgIpc) is 3.23. The summed E-state index contributed by atoms with van der Waals surface area (Å²) in [7, 11) is 0. The van der Waals surface area contributed by atoms with E-state index >= 15 is 0 Å². The molecule has 1 unspecified atom stereocenters. The summed E-state index contributed by atoms with van der Waals surface area (Å²) in [5.41, 5.74) is 1.85. The highest BCUT2D eigenvalue weighted by Gasteiger charge is 2.32. The zero-order valence-corrected chi connectivity index (χ0v) is 18.8. The van der Waals surface area contributed by atoms with E-state index in [0.717, 1.165) is 23.3 Å². The van der Waals surface area contributed by atoms with Crippen LogP contribution in [-0.2, 0) is 12.6 Å². The zero-order chi connectivity index (χ0) is 25.2. The maximum atomic E-state index is 12.8. The van der Waals surface area contributed by atoms with Gasteiger partial charge in [0.25, 0.3) is 0 Å². The van der Waals surface area contributed by atoms with Crippen molar-refractivity contribution in [2.75, 3.05) is 11.9 Å². The molecule has 4 rings (SSSR count). The summed E-state index contributed by atoms with van der Waals surface area (Å²) < 4.78 is 38.4. The number of carboxylic acids is 1. The number of anilines is 1. The van der Waals surface area contributed by atoms with Crippen LogP contribution in [0.25, 0.3) is 0 Å². The van der Waals surface area contributed by atoms with Gasteiger partial charge in [0.2, 0.25) is 0 Å². The van der Waals surface area contributed by atoms with Crippen molar-refractivity contribution in [3.05, 3.63) is 100 Å².